The van der Waals surface area contributed by atoms with E-state index in [1.165, 1.54) is 11.1 Å². The van der Waals surface area contributed by atoms with Crippen LogP contribution in [0.25, 0.3) is 0 Å². The van der Waals surface area contributed by atoms with Gasteiger partial charge in [-0.2, -0.15) is 0 Å². The van der Waals surface area contributed by atoms with Crippen molar-refractivity contribution < 1.29 is 57.7 Å². The summed E-state index contributed by atoms with van der Waals surface area (Å²) in [6.45, 7) is 73.0. The Morgan fingerprint density at radius 3 is 0.661 bits per heavy atom. The molecule has 3 aromatic rings. The molecule has 0 unspecified atom stereocenters. The van der Waals surface area contributed by atoms with Gasteiger partial charge in [-0.25, -0.2) is 0 Å². The first kappa shape index (κ1) is 60.3. The molecule has 0 saturated carbocycles. The van der Waals surface area contributed by atoms with Crippen molar-refractivity contribution in [3.8, 4) is 0 Å². The summed E-state index contributed by atoms with van der Waals surface area (Å²) >= 11 is 2.80. The summed E-state index contributed by atoms with van der Waals surface area (Å²) in [6, 6.07) is 8.68. The summed E-state index contributed by atoms with van der Waals surface area (Å²) in [5, 5.41) is 15.8. The molecular weight excluding hydrogens is 963 g/mol. The normalized spacial score (nSPS) is 15.5. The molecule has 0 N–H and O–H groups in total. The van der Waals surface area contributed by atoms with Crippen LogP contribution < -0.4 is 83.9 Å². The fourth-order valence-corrected chi connectivity index (χ4v) is 41.6. The third-order valence-electron chi connectivity index (χ3n) is 14.4. The molecule has 0 amide bonds. The monoisotopic (exact) mass is 1050 g/mol. The Morgan fingerprint density at radius 2 is 0.500 bits per heavy atom. The van der Waals surface area contributed by atoms with E-state index in [2.05, 4.69) is 226 Å². The summed E-state index contributed by atoms with van der Waals surface area (Å²) in [4.78, 5) is 0. The van der Waals surface area contributed by atoms with Gasteiger partial charge in [0.25, 0.3) is 0 Å². The Labute approximate surface area is 421 Å². The number of hydrogen-bond donors (Lipinski definition) is 0. The molecule has 1 aliphatic rings. The molecular formula is C51H87Cl3Si7Ti. The minimum absolute atomic E-state index is 0. The first-order valence-electron chi connectivity index (χ1n) is 22.7. The van der Waals surface area contributed by atoms with Crippen LogP contribution in [-0.4, -0.2) is 56.5 Å². The first-order chi connectivity index (χ1) is 26.1. The second kappa shape index (κ2) is 19.0. The van der Waals surface area contributed by atoms with Crippen LogP contribution in [0.4, 0.5) is 0 Å². The van der Waals surface area contributed by atoms with Gasteiger partial charge < -0.3 is 37.2 Å². The molecule has 0 aromatic heterocycles. The van der Waals surface area contributed by atoms with Crippen molar-refractivity contribution in [1.82, 2.24) is 0 Å². The molecule has 62 heavy (non-hydrogen) atoms. The molecule has 0 radical (unpaired) electrons. The Balaban J connectivity index is 0.00000641. The van der Waals surface area contributed by atoms with E-state index in [1.807, 2.05) is 0 Å². The van der Waals surface area contributed by atoms with E-state index in [1.54, 1.807) is 91.2 Å². The predicted molar refractivity (Wildman–Crippen MR) is 290 cm³/mol. The van der Waals surface area contributed by atoms with Crippen LogP contribution in [0.1, 0.15) is 61.1 Å². The number of halogens is 3. The van der Waals surface area contributed by atoms with Crippen molar-refractivity contribution in [2.45, 2.75) is 190 Å². The molecule has 0 fully saturated rings. The fraction of sp³-hybridized carbons (Fsp3) is 0.569. The molecule has 0 aliphatic heterocycles. The second-order valence-electron chi connectivity index (χ2n) is 25.3. The maximum absolute atomic E-state index is 3.19. The molecule has 1 aliphatic carbocycles. The van der Waals surface area contributed by atoms with Gasteiger partial charge in [-0.05, 0) is 0 Å². The molecule has 0 spiro atoms. The summed E-state index contributed by atoms with van der Waals surface area (Å²) in [5.74, 6) is 0. The van der Waals surface area contributed by atoms with Crippen molar-refractivity contribution in [2.24, 2.45) is 0 Å². The number of allylic oxidation sites excluding steroid dienone is 4. The second-order valence-corrected chi connectivity index (χ2v) is 61.2. The minimum atomic E-state index is -3.19. The first-order valence-corrected chi connectivity index (χ1v) is 46.5. The summed E-state index contributed by atoms with van der Waals surface area (Å²) in [5.41, 5.74) is 15.9. The average molecular weight is 1050 g/mol. The molecule has 0 bridgehead atoms. The molecule has 3 aromatic carbocycles. The van der Waals surface area contributed by atoms with Crippen molar-refractivity contribution in [2.75, 3.05) is 0 Å². The van der Waals surface area contributed by atoms with Crippen molar-refractivity contribution in [1.29, 1.82) is 0 Å². The van der Waals surface area contributed by atoms with Crippen LogP contribution in [0.5, 0.6) is 0 Å². The quantitative estimate of drug-likeness (QED) is 0.212. The molecule has 0 atom stereocenters. The van der Waals surface area contributed by atoms with Gasteiger partial charge in [-0.1, -0.05) is 0 Å². The van der Waals surface area contributed by atoms with E-state index in [4.69, 9.17) is 0 Å². The van der Waals surface area contributed by atoms with Crippen LogP contribution in [0.15, 0.2) is 40.5 Å². The largest absolute Gasteiger partial charge is 1.00 e. The molecule has 4 rings (SSSR count). The molecule has 344 valence electrons. The van der Waals surface area contributed by atoms with Crippen molar-refractivity contribution in [3.63, 3.8) is 0 Å². The van der Waals surface area contributed by atoms with Crippen LogP contribution in [0.2, 0.25) is 121 Å². The van der Waals surface area contributed by atoms with Crippen LogP contribution in [-0.2, 0) is 20.4 Å². The molecule has 0 saturated heterocycles. The van der Waals surface area contributed by atoms with Gasteiger partial charge in [-0.15, -0.1) is 0 Å². The van der Waals surface area contributed by atoms with Crippen LogP contribution in [0.3, 0.4) is 0 Å². The molecule has 11 heteroatoms. The minimum Gasteiger partial charge on any atom is -1.00 e. The molecule has 0 nitrogen and oxygen atoms in total. The fourth-order valence-electron chi connectivity index (χ4n) is 13.2. The predicted octanol–water partition coefficient (Wildman–Crippen LogP) is 1.22. The standard InChI is InChI=1S/C51H87Si7.3ClH.Ti/c1-32-29-42(49(55(20,21)22)39(8)45(32)52(11,12)13)58(48-37(6)35(4)36(5)38(48)7,43-30-33(2)46(53(14,15)16)40(9)50(43)56(23,24)25)44-31-34(3)47(54(17,18)19)41(10)51(44)57(26,27)28;;;;/h29-31H,1-28H3;3*1H;/q;;;;+3/p-3. The van der Waals surface area contributed by atoms with Gasteiger partial charge in [0.05, 0.1) is 0 Å². The van der Waals surface area contributed by atoms with E-state index in [-0.39, 0.29) is 40.6 Å². The zero-order chi connectivity index (χ0) is 46.1. The van der Waals surface area contributed by atoms with E-state index in [0.29, 0.717) is 0 Å². The molecule has 0 heterocycles. The topological polar surface area (TPSA) is 0 Å². The number of aryl methyl sites for hydroxylation is 3. The SMILES string of the molecule is CC1=C(C)[C]([Ti+3])([Si](c2cc(C)c([Si](C)(C)C)c(C)c2[Si](C)(C)C)(c2cc(C)c([Si](C)(C)C)c(C)c2[Si](C)(C)C)c2cc(C)c([Si](C)(C)C)c(C)c2[Si](C)(C)C)C(C)=C1C.[Cl-].[Cl-].[Cl-]. The Bertz CT molecular complexity index is 2060. The van der Waals surface area contributed by atoms with Gasteiger partial charge in [0.15, 0.2) is 0 Å². The number of rotatable bonds is 10. The Morgan fingerprint density at radius 1 is 0.323 bits per heavy atom. The van der Waals surface area contributed by atoms with Gasteiger partial charge in [0.2, 0.25) is 0 Å². The van der Waals surface area contributed by atoms with Crippen molar-refractivity contribution >= 4 is 103 Å². The summed E-state index contributed by atoms with van der Waals surface area (Å²) in [6.07, 6.45) is 0. The zero-order valence-corrected chi connectivity index (χ0v) is 55.7. The number of hydrogen-bond acceptors (Lipinski definition) is 0. The van der Waals surface area contributed by atoms with Crippen molar-refractivity contribution in [3.05, 3.63) is 73.9 Å². The van der Waals surface area contributed by atoms with Gasteiger partial charge >= 0.3 is 388 Å². The van der Waals surface area contributed by atoms with Crippen LogP contribution >= 0.6 is 0 Å². The van der Waals surface area contributed by atoms with E-state index < -0.39 is 56.5 Å². The van der Waals surface area contributed by atoms with E-state index >= 15 is 0 Å². The Kier molecular flexibility index (Phi) is 18.4. The smallest absolute Gasteiger partial charge is 1.00 e. The summed E-state index contributed by atoms with van der Waals surface area (Å²) in [7, 11) is -14.3. The maximum Gasteiger partial charge on any atom is -1.00 e. The number of benzene rings is 3. The Hall–Kier alpha value is 0.242. The maximum atomic E-state index is 2.89. The zero-order valence-electron chi connectivity index (χ0n) is 44.9. The van der Waals surface area contributed by atoms with Gasteiger partial charge in [0, 0.05) is 0 Å². The third-order valence-corrected chi connectivity index (χ3v) is 36.8. The summed E-state index contributed by atoms with van der Waals surface area (Å²) < 4.78 is -0.170. The van der Waals surface area contributed by atoms with E-state index in [9.17, 15) is 0 Å². The van der Waals surface area contributed by atoms with Gasteiger partial charge in [-0.3, -0.25) is 0 Å². The van der Waals surface area contributed by atoms with Gasteiger partial charge in [0.1, 0.15) is 0 Å². The van der Waals surface area contributed by atoms with E-state index in [0.717, 1.165) is 0 Å². The third kappa shape index (κ3) is 9.75. The van der Waals surface area contributed by atoms with Crippen LogP contribution in [0, 0.1) is 41.5 Å². The average Bonchev–Trinajstić information content (AvgIpc) is 3.12.